The van der Waals surface area contributed by atoms with Crippen LogP contribution < -0.4 is 15.0 Å². The van der Waals surface area contributed by atoms with Crippen molar-refractivity contribution < 1.29 is 9.53 Å². The number of nitrogens with zero attached hydrogens (tertiary/aromatic N) is 3. The second-order valence-electron chi connectivity index (χ2n) is 5.74. The van der Waals surface area contributed by atoms with Crippen molar-refractivity contribution >= 4 is 23.1 Å². The van der Waals surface area contributed by atoms with Crippen LogP contribution in [0.4, 0.5) is 17.2 Å². The van der Waals surface area contributed by atoms with E-state index in [0.717, 1.165) is 11.4 Å². The standard InChI is InChI=1S/C20H20N4O2/c1-14-21-18(20(25)23-15-9-11-17(26-3)12-10-15)13-19(22-14)24(2)16-7-5-4-6-8-16/h4-13H,1-3H3,(H,23,25). The van der Waals surface area contributed by atoms with Gasteiger partial charge in [-0.15, -0.1) is 0 Å². The summed E-state index contributed by atoms with van der Waals surface area (Å²) >= 11 is 0. The lowest BCUT2D eigenvalue weighted by molar-refractivity contribution is 0.102. The van der Waals surface area contributed by atoms with Crippen molar-refractivity contribution in [1.29, 1.82) is 0 Å². The molecule has 3 rings (SSSR count). The highest BCUT2D eigenvalue weighted by Gasteiger charge is 2.14. The molecule has 0 aliphatic rings. The number of hydrogen-bond acceptors (Lipinski definition) is 5. The summed E-state index contributed by atoms with van der Waals surface area (Å²) in [5.74, 6) is 1.63. The fourth-order valence-electron chi connectivity index (χ4n) is 2.49. The molecule has 3 aromatic rings. The van der Waals surface area contributed by atoms with Crippen LogP contribution in [-0.4, -0.2) is 30.0 Å². The number of amides is 1. The van der Waals surface area contributed by atoms with Crippen LogP contribution in [0.15, 0.2) is 60.7 Å². The first-order valence-electron chi connectivity index (χ1n) is 8.16. The largest absolute Gasteiger partial charge is 0.497 e. The molecule has 0 saturated carbocycles. The Labute approximate surface area is 152 Å². The minimum absolute atomic E-state index is 0.289. The van der Waals surface area contributed by atoms with Crippen LogP contribution in [0.3, 0.4) is 0 Å². The summed E-state index contributed by atoms with van der Waals surface area (Å²) in [7, 11) is 3.50. The van der Waals surface area contributed by atoms with Crippen molar-refractivity contribution in [3.05, 3.63) is 72.2 Å². The lowest BCUT2D eigenvalue weighted by atomic mass is 10.2. The molecular weight excluding hydrogens is 328 g/mol. The molecule has 0 aliphatic carbocycles. The third-order valence-electron chi connectivity index (χ3n) is 3.89. The number of aryl methyl sites for hydroxylation is 1. The molecule has 0 fully saturated rings. The van der Waals surface area contributed by atoms with E-state index in [-0.39, 0.29) is 5.91 Å². The molecule has 6 nitrogen and oxygen atoms in total. The molecule has 6 heteroatoms. The number of anilines is 3. The molecule has 0 radical (unpaired) electrons. The van der Waals surface area contributed by atoms with Gasteiger partial charge in [-0.05, 0) is 43.3 Å². The van der Waals surface area contributed by atoms with Gasteiger partial charge < -0.3 is 15.0 Å². The molecule has 1 heterocycles. The number of methoxy groups -OCH3 is 1. The summed E-state index contributed by atoms with van der Waals surface area (Å²) in [4.78, 5) is 23.2. The average molecular weight is 348 g/mol. The van der Waals surface area contributed by atoms with E-state index < -0.39 is 0 Å². The molecular formula is C20H20N4O2. The van der Waals surface area contributed by atoms with Crippen molar-refractivity contribution in [1.82, 2.24) is 9.97 Å². The van der Waals surface area contributed by atoms with Crippen LogP contribution >= 0.6 is 0 Å². The van der Waals surface area contributed by atoms with Crippen molar-refractivity contribution in [2.24, 2.45) is 0 Å². The molecule has 2 aromatic carbocycles. The summed E-state index contributed by atoms with van der Waals surface area (Å²) in [6.45, 7) is 1.77. The van der Waals surface area contributed by atoms with E-state index in [1.165, 1.54) is 0 Å². The first-order chi connectivity index (χ1) is 12.6. The maximum absolute atomic E-state index is 12.6. The van der Waals surface area contributed by atoms with Gasteiger partial charge in [-0.25, -0.2) is 9.97 Å². The van der Waals surface area contributed by atoms with Crippen molar-refractivity contribution in [2.75, 3.05) is 24.4 Å². The van der Waals surface area contributed by atoms with Gasteiger partial charge in [-0.2, -0.15) is 0 Å². The van der Waals surface area contributed by atoms with Crippen LogP contribution in [0, 0.1) is 6.92 Å². The Morgan fingerprint density at radius 3 is 2.38 bits per heavy atom. The zero-order valence-electron chi connectivity index (χ0n) is 14.9. The van der Waals surface area contributed by atoms with Crippen LogP contribution in [0.2, 0.25) is 0 Å². The highest BCUT2D eigenvalue weighted by atomic mass is 16.5. The van der Waals surface area contributed by atoms with Crippen LogP contribution in [0.1, 0.15) is 16.3 Å². The Hall–Kier alpha value is -3.41. The van der Waals surface area contributed by atoms with Gasteiger partial charge in [-0.1, -0.05) is 18.2 Å². The van der Waals surface area contributed by atoms with Gasteiger partial charge in [0.15, 0.2) is 0 Å². The van der Waals surface area contributed by atoms with Gasteiger partial charge in [0.25, 0.3) is 5.91 Å². The SMILES string of the molecule is COc1ccc(NC(=O)c2cc(N(C)c3ccccc3)nc(C)n2)cc1. The minimum Gasteiger partial charge on any atom is -0.497 e. The Bertz CT molecular complexity index is 895. The smallest absolute Gasteiger partial charge is 0.274 e. The summed E-state index contributed by atoms with van der Waals surface area (Å²) in [5.41, 5.74) is 1.96. The Balaban J connectivity index is 1.83. The molecule has 0 bridgehead atoms. The molecule has 0 saturated heterocycles. The van der Waals surface area contributed by atoms with Crippen LogP contribution in [-0.2, 0) is 0 Å². The first-order valence-corrected chi connectivity index (χ1v) is 8.16. The summed E-state index contributed by atoms with van der Waals surface area (Å²) in [6.07, 6.45) is 0. The number of nitrogens with one attached hydrogen (secondary N) is 1. The number of ether oxygens (including phenoxy) is 1. The summed E-state index contributed by atoms with van der Waals surface area (Å²) in [5, 5.41) is 2.84. The Morgan fingerprint density at radius 1 is 1.04 bits per heavy atom. The molecule has 1 aromatic heterocycles. The van der Waals surface area contributed by atoms with Gasteiger partial charge >= 0.3 is 0 Å². The quantitative estimate of drug-likeness (QED) is 0.759. The number of carbonyl (C=O) groups excluding carboxylic acids is 1. The fourth-order valence-corrected chi connectivity index (χ4v) is 2.49. The van der Waals surface area contributed by atoms with E-state index in [1.807, 2.05) is 42.3 Å². The number of hydrogen-bond donors (Lipinski definition) is 1. The molecule has 0 unspecified atom stereocenters. The summed E-state index contributed by atoms with van der Waals surface area (Å²) in [6, 6.07) is 18.6. The topological polar surface area (TPSA) is 67.3 Å². The Kier molecular flexibility index (Phi) is 5.12. The summed E-state index contributed by atoms with van der Waals surface area (Å²) < 4.78 is 5.12. The number of para-hydroxylation sites is 1. The highest BCUT2D eigenvalue weighted by molar-refractivity contribution is 6.03. The molecule has 1 amide bonds. The maximum atomic E-state index is 12.6. The lowest BCUT2D eigenvalue weighted by Crippen LogP contribution is -2.18. The molecule has 0 spiro atoms. The van der Waals surface area contributed by atoms with Gasteiger partial charge in [0.2, 0.25) is 0 Å². The lowest BCUT2D eigenvalue weighted by Gasteiger charge is -2.19. The maximum Gasteiger partial charge on any atom is 0.274 e. The first kappa shape index (κ1) is 17.4. The minimum atomic E-state index is -0.289. The monoisotopic (exact) mass is 348 g/mol. The van der Waals surface area contributed by atoms with Gasteiger partial charge in [0.1, 0.15) is 23.1 Å². The number of benzene rings is 2. The normalized spacial score (nSPS) is 10.3. The van der Waals surface area contributed by atoms with Gasteiger partial charge in [0, 0.05) is 24.5 Å². The molecule has 0 atom stereocenters. The molecule has 1 N–H and O–H groups in total. The third-order valence-corrected chi connectivity index (χ3v) is 3.89. The molecule has 132 valence electrons. The van der Waals surface area contributed by atoms with E-state index >= 15 is 0 Å². The second-order valence-corrected chi connectivity index (χ2v) is 5.74. The van der Waals surface area contributed by atoms with E-state index in [0.29, 0.717) is 23.0 Å². The fraction of sp³-hybridized carbons (Fsp3) is 0.150. The van der Waals surface area contributed by atoms with Crippen molar-refractivity contribution in [2.45, 2.75) is 6.92 Å². The van der Waals surface area contributed by atoms with Crippen molar-refractivity contribution in [3.63, 3.8) is 0 Å². The Morgan fingerprint density at radius 2 is 1.73 bits per heavy atom. The molecule has 0 aliphatic heterocycles. The highest BCUT2D eigenvalue weighted by Crippen LogP contribution is 2.22. The predicted octanol–water partition coefficient (Wildman–Crippen LogP) is 3.81. The molecule has 26 heavy (non-hydrogen) atoms. The van der Waals surface area contributed by atoms with Crippen LogP contribution in [0.25, 0.3) is 0 Å². The van der Waals surface area contributed by atoms with Crippen molar-refractivity contribution in [3.8, 4) is 5.75 Å². The number of aromatic nitrogens is 2. The van der Waals surface area contributed by atoms with Gasteiger partial charge in [-0.3, -0.25) is 4.79 Å². The average Bonchev–Trinajstić information content (AvgIpc) is 2.68. The zero-order chi connectivity index (χ0) is 18.5. The number of rotatable bonds is 5. The van der Waals surface area contributed by atoms with E-state index in [1.54, 1.807) is 44.4 Å². The third kappa shape index (κ3) is 3.97. The predicted molar refractivity (Wildman–Crippen MR) is 102 cm³/mol. The number of carbonyl (C=O) groups is 1. The van der Waals surface area contributed by atoms with E-state index in [4.69, 9.17) is 4.74 Å². The second kappa shape index (κ2) is 7.65. The van der Waals surface area contributed by atoms with E-state index in [2.05, 4.69) is 15.3 Å². The van der Waals surface area contributed by atoms with E-state index in [9.17, 15) is 4.79 Å². The van der Waals surface area contributed by atoms with Gasteiger partial charge in [0.05, 0.1) is 7.11 Å². The zero-order valence-corrected chi connectivity index (χ0v) is 14.9. The van der Waals surface area contributed by atoms with Crippen LogP contribution in [0.5, 0.6) is 5.75 Å².